The Morgan fingerprint density at radius 1 is 0.889 bits per heavy atom. The Labute approximate surface area is 167 Å². The zero-order chi connectivity index (χ0) is 19.7. The van der Waals surface area contributed by atoms with Crippen molar-refractivity contribution < 1.29 is 14.2 Å². The van der Waals surface area contributed by atoms with Gasteiger partial charge in [0.2, 0.25) is 0 Å². The van der Waals surface area contributed by atoms with E-state index in [9.17, 15) is 0 Å². The van der Waals surface area contributed by atoms with Crippen molar-refractivity contribution in [2.75, 3.05) is 72.4 Å². The molecule has 0 amide bonds. The van der Waals surface area contributed by atoms with Crippen LogP contribution in [0.15, 0.2) is 0 Å². The maximum Gasteiger partial charge on any atom is 0.0701 e. The molecule has 1 atom stereocenters. The minimum atomic E-state index is 0.636. The van der Waals surface area contributed by atoms with E-state index < -0.39 is 0 Å². The Balaban J connectivity index is 1.79. The first-order valence-electron chi connectivity index (χ1n) is 11.0. The van der Waals surface area contributed by atoms with Crippen LogP contribution in [0.5, 0.6) is 0 Å². The molecule has 6 nitrogen and oxygen atoms in total. The Morgan fingerprint density at radius 2 is 1.48 bits per heavy atom. The molecule has 1 heterocycles. The number of nitrogens with zero attached hydrogens (tertiary/aromatic N) is 1. The SMILES string of the molecule is CCC(C)NC1CCN(CCOCCOCCOCCNCC(C)C)CC1. The molecule has 0 bridgehead atoms. The number of piperidine rings is 1. The Morgan fingerprint density at radius 3 is 2.07 bits per heavy atom. The first-order valence-corrected chi connectivity index (χ1v) is 11.0. The lowest BCUT2D eigenvalue weighted by molar-refractivity contribution is 0.00975. The topological polar surface area (TPSA) is 55.0 Å². The zero-order valence-electron chi connectivity index (χ0n) is 18.3. The third-order valence-corrected chi connectivity index (χ3v) is 4.99. The van der Waals surface area contributed by atoms with Crippen molar-refractivity contribution in [1.29, 1.82) is 0 Å². The summed E-state index contributed by atoms with van der Waals surface area (Å²) in [7, 11) is 0. The molecule has 0 radical (unpaired) electrons. The van der Waals surface area contributed by atoms with Crippen molar-refractivity contribution in [3.8, 4) is 0 Å². The number of nitrogens with one attached hydrogen (secondary N) is 2. The van der Waals surface area contributed by atoms with Gasteiger partial charge in [0.05, 0.1) is 39.6 Å². The highest BCUT2D eigenvalue weighted by atomic mass is 16.5. The number of hydrogen-bond donors (Lipinski definition) is 2. The van der Waals surface area contributed by atoms with Gasteiger partial charge in [0, 0.05) is 25.2 Å². The largest absolute Gasteiger partial charge is 0.378 e. The first-order chi connectivity index (χ1) is 13.1. The Hall–Kier alpha value is -0.240. The van der Waals surface area contributed by atoms with Crippen LogP contribution in [-0.4, -0.2) is 89.3 Å². The van der Waals surface area contributed by atoms with Crippen molar-refractivity contribution in [1.82, 2.24) is 15.5 Å². The average molecular weight is 388 g/mol. The van der Waals surface area contributed by atoms with E-state index in [1.807, 2.05) is 0 Å². The molecule has 2 N–H and O–H groups in total. The van der Waals surface area contributed by atoms with Crippen LogP contribution in [0.3, 0.4) is 0 Å². The van der Waals surface area contributed by atoms with Crippen LogP contribution in [0.1, 0.15) is 47.0 Å². The normalized spacial score (nSPS) is 17.7. The zero-order valence-corrected chi connectivity index (χ0v) is 18.3. The van der Waals surface area contributed by atoms with Gasteiger partial charge in [-0.3, -0.25) is 0 Å². The molecule has 0 spiro atoms. The van der Waals surface area contributed by atoms with Crippen LogP contribution in [0.4, 0.5) is 0 Å². The van der Waals surface area contributed by atoms with Gasteiger partial charge in [-0.25, -0.2) is 0 Å². The third kappa shape index (κ3) is 14.4. The lowest BCUT2D eigenvalue weighted by Crippen LogP contribution is -2.46. The molecular weight excluding hydrogens is 342 g/mol. The predicted molar refractivity (Wildman–Crippen MR) is 113 cm³/mol. The van der Waals surface area contributed by atoms with Crippen LogP contribution in [0, 0.1) is 5.92 Å². The number of rotatable bonds is 17. The second-order valence-electron chi connectivity index (χ2n) is 8.03. The summed E-state index contributed by atoms with van der Waals surface area (Å²) >= 11 is 0. The Bertz CT molecular complexity index is 324. The molecule has 1 aliphatic heterocycles. The van der Waals surface area contributed by atoms with Gasteiger partial charge in [-0.05, 0) is 51.7 Å². The molecule has 6 heteroatoms. The third-order valence-electron chi connectivity index (χ3n) is 4.99. The fourth-order valence-corrected chi connectivity index (χ4v) is 3.11. The molecular formula is C21H45N3O3. The van der Waals surface area contributed by atoms with Crippen LogP contribution >= 0.6 is 0 Å². The molecule has 162 valence electrons. The molecule has 1 saturated heterocycles. The van der Waals surface area contributed by atoms with Crippen molar-refractivity contribution in [2.45, 2.75) is 59.0 Å². The van der Waals surface area contributed by atoms with Crippen LogP contribution < -0.4 is 10.6 Å². The first kappa shape index (κ1) is 24.8. The van der Waals surface area contributed by atoms with Gasteiger partial charge < -0.3 is 29.7 Å². The van der Waals surface area contributed by atoms with Crippen LogP contribution in [0.2, 0.25) is 0 Å². The maximum atomic E-state index is 5.69. The quantitative estimate of drug-likeness (QED) is 0.373. The molecule has 0 saturated carbocycles. The fraction of sp³-hybridized carbons (Fsp3) is 1.00. The molecule has 1 fully saturated rings. The summed E-state index contributed by atoms with van der Waals surface area (Å²) in [6.07, 6.45) is 3.71. The highest BCUT2D eigenvalue weighted by Crippen LogP contribution is 2.11. The van der Waals surface area contributed by atoms with Crippen LogP contribution in [-0.2, 0) is 14.2 Å². The molecule has 0 aromatic rings. The fourth-order valence-electron chi connectivity index (χ4n) is 3.11. The van der Waals surface area contributed by atoms with Gasteiger partial charge in [-0.15, -0.1) is 0 Å². The van der Waals surface area contributed by atoms with E-state index in [0.29, 0.717) is 44.4 Å². The van der Waals surface area contributed by atoms with E-state index >= 15 is 0 Å². The van der Waals surface area contributed by atoms with Gasteiger partial charge in [0.1, 0.15) is 0 Å². The van der Waals surface area contributed by atoms with E-state index in [-0.39, 0.29) is 0 Å². The highest BCUT2D eigenvalue weighted by molar-refractivity contribution is 4.78. The summed E-state index contributed by atoms with van der Waals surface area (Å²) in [5, 5.41) is 7.08. The second kappa shape index (κ2) is 16.7. The summed E-state index contributed by atoms with van der Waals surface area (Å²) < 4.78 is 16.8. The van der Waals surface area contributed by atoms with E-state index in [0.717, 1.165) is 32.8 Å². The van der Waals surface area contributed by atoms with Gasteiger partial charge in [0.15, 0.2) is 0 Å². The summed E-state index contributed by atoms with van der Waals surface area (Å²) in [5.41, 5.74) is 0. The number of hydrogen-bond acceptors (Lipinski definition) is 6. The van der Waals surface area contributed by atoms with Crippen LogP contribution in [0.25, 0.3) is 0 Å². The Kier molecular flexibility index (Phi) is 15.3. The van der Waals surface area contributed by atoms with Gasteiger partial charge in [-0.2, -0.15) is 0 Å². The molecule has 27 heavy (non-hydrogen) atoms. The average Bonchev–Trinajstić information content (AvgIpc) is 2.66. The smallest absolute Gasteiger partial charge is 0.0701 e. The van der Waals surface area contributed by atoms with Gasteiger partial charge in [0.25, 0.3) is 0 Å². The number of likely N-dealkylation sites (tertiary alicyclic amines) is 1. The van der Waals surface area contributed by atoms with E-state index in [1.165, 1.54) is 32.4 Å². The summed E-state index contributed by atoms with van der Waals surface area (Å²) in [6, 6.07) is 1.33. The monoisotopic (exact) mass is 387 g/mol. The molecule has 0 aromatic heterocycles. The van der Waals surface area contributed by atoms with Crippen molar-refractivity contribution in [3.63, 3.8) is 0 Å². The van der Waals surface area contributed by atoms with E-state index in [2.05, 4.69) is 43.2 Å². The van der Waals surface area contributed by atoms with E-state index in [4.69, 9.17) is 14.2 Å². The van der Waals surface area contributed by atoms with E-state index in [1.54, 1.807) is 0 Å². The highest BCUT2D eigenvalue weighted by Gasteiger charge is 2.19. The summed E-state index contributed by atoms with van der Waals surface area (Å²) in [6.45, 7) is 18.4. The van der Waals surface area contributed by atoms with Crippen molar-refractivity contribution >= 4 is 0 Å². The van der Waals surface area contributed by atoms with Crippen molar-refractivity contribution in [2.24, 2.45) is 5.92 Å². The summed E-state index contributed by atoms with van der Waals surface area (Å²) in [4.78, 5) is 2.51. The van der Waals surface area contributed by atoms with Gasteiger partial charge in [-0.1, -0.05) is 20.8 Å². The standard InChI is InChI=1S/C21H45N3O3/c1-5-20(4)23-21-6-9-24(10-7-21)11-13-26-15-17-27-16-14-25-12-8-22-18-19(2)3/h19-23H,5-18H2,1-4H3. The predicted octanol–water partition coefficient (Wildman–Crippen LogP) is 2.13. The second-order valence-corrected chi connectivity index (χ2v) is 8.03. The lowest BCUT2D eigenvalue weighted by Gasteiger charge is -2.33. The minimum absolute atomic E-state index is 0.636. The number of ether oxygens (including phenoxy) is 3. The van der Waals surface area contributed by atoms with Crippen molar-refractivity contribution in [3.05, 3.63) is 0 Å². The summed E-state index contributed by atoms with van der Waals surface area (Å²) in [5.74, 6) is 0.687. The molecule has 1 unspecified atom stereocenters. The minimum Gasteiger partial charge on any atom is -0.378 e. The molecule has 1 rings (SSSR count). The lowest BCUT2D eigenvalue weighted by atomic mass is 10.0. The molecule has 0 aromatic carbocycles. The molecule has 1 aliphatic rings. The van der Waals surface area contributed by atoms with Gasteiger partial charge >= 0.3 is 0 Å². The maximum absolute atomic E-state index is 5.69. The molecule has 0 aliphatic carbocycles.